The Kier molecular flexibility index (Phi) is 3.73. The first-order chi connectivity index (χ1) is 9.06. The molecule has 104 valence electrons. The quantitative estimate of drug-likeness (QED) is 0.843. The largest absolute Gasteiger partial charge is 0.316 e. The van der Waals surface area contributed by atoms with Gasteiger partial charge in [0.2, 0.25) is 0 Å². The van der Waals surface area contributed by atoms with Gasteiger partial charge in [-0.3, -0.25) is 4.90 Å². The number of fused-ring (bicyclic) bond motifs is 1. The molecule has 1 N–H and O–H groups in total. The molecule has 0 aliphatic carbocycles. The van der Waals surface area contributed by atoms with Crippen LogP contribution in [0.2, 0.25) is 10.0 Å². The fourth-order valence-corrected chi connectivity index (χ4v) is 3.80. The highest BCUT2D eigenvalue weighted by molar-refractivity contribution is 6.35. The second-order valence-corrected chi connectivity index (χ2v) is 6.41. The lowest BCUT2D eigenvalue weighted by Crippen LogP contribution is -2.28. The molecule has 2 saturated heterocycles. The highest BCUT2D eigenvalue weighted by Gasteiger charge is 2.38. The highest BCUT2D eigenvalue weighted by atomic mass is 35.5. The van der Waals surface area contributed by atoms with Crippen LogP contribution in [0.5, 0.6) is 0 Å². The molecule has 1 aromatic rings. The molecule has 5 heteroatoms. The van der Waals surface area contributed by atoms with Crippen molar-refractivity contribution in [1.29, 1.82) is 0 Å². The Bertz CT molecular complexity index is 483. The van der Waals surface area contributed by atoms with Gasteiger partial charge < -0.3 is 5.32 Å². The fraction of sp³-hybridized carbons (Fsp3) is 0.571. The van der Waals surface area contributed by atoms with E-state index in [2.05, 4.69) is 17.1 Å². The van der Waals surface area contributed by atoms with Gasteiger partial charge in [-0.25, -0.2) is 4.39 Å². The zero-order valence-electron chi connectivity index (χ0n) is 10.8. The molecule has 0 amide bonds. The van der Waals surface area contributed by atoms with E-state index in [1.165, 1.54) is 12.1 Å². The third-order valence-electron chi connectivity index (χ3n) is 4.46. The molecule has 2 heterocycles. The molecule has 0 bridgehead atoms. The summed E-state index contributed by atoms with van der Waals surface area (Å²) in [5, 5.41) is 4.06. The lowest BCUT2D eigenvalue weighted by atomic mass is 10.0. The van der Waals surface area contributed by atoms with Crippen molar-refractivity contribution in [1.82, 2.24) is 10.2 Å². The summed E-state index contributed by atoms with van der Waals surface area (Å²) in [6, 6.07) is 3.11. The normalized spacial score (nSPS) is 28.6. The molecule has 19 heavy (non-hydrogen) atoms. The zero-order chi connectivity index (χ0) is 13.6. The minimum atomic E-state index is -0.394. The number of halogens is 3. The lowest BCUT2D eigenvalue weighted by molar-refractivity contribution is 0.243. The van der Waals surface area contributed by atoms with Crippen LogP contribution in [0.4, 0.5) is 4.39 Å². The van der Waals surface area contributed by atoms with E-state index in [4.69, 9.17) is 23.2 Å². The number of likely N-dealkylation sites (tertiary alicyclic amines) is 1. The molecule has 1 aromatic carbocycles. The van der Waals surface area contributed by atoms with Crippen molar-refractivity contribution < 1.29 is 4.39 Å². The van der Waals surface area contributed by atoms with E-state index >= 15 is 0 Å². The maximum absolute atomic E-state index is 13.6. The first-order valence-electron chi connectivity index (χ1n) is 6.65. The lowest BCUT2D eigenvalue weighted by Gasteiger charge is -2.26. The summed E-state index contributed by atoms with van der Waals surface area (Å²) >= 11 is 12.0. The zero-order valence-corrected chi connectivity index (χ0v) is 12.3. The van der Waals surface area contributed by atoms with Crippen LogP contribution in [0, 0.1) is 17.7 Å². The second kappa shape index (κ2) is 5.21. The van der Waals surface area contributed by atoms with Crippen LogP contribution in [0.15, 0.2) is 12.1 Å². The van der Waals surface area contributed by atoms with Crippen molar-refractivity contribution >= 4 is 23.2 Å². The van der Waals surface area contributed by atoms with Gasteiger partial charge in [0.1, 0.15) is 5.82 Å². The van der Waals surface area contributed by atoms with Gasteiger partial charge in [0.05, 0.1) is 5.02 Å². The summed E-state index contributed by atoms with van der Waals surface area (Å²) in [6.07, 6.45) is 0. The van der Waals surface area contributed by atoms with Gasteiger partial charge in [0.25, 0.3) is 0 Å². The van der Waals surface area contributed by atoms with Gasteiger partial charge in [-0.05, 0) is 49.5 Å². The molecule has 2 aliphatic heterocycles. The maximum atomic E-state index is 13.6. The standard InChI is InChI=1S/C14H17Cl2FN2/c1-8(11-2-14(17)13(16)3-12(11)15)19-6-9-4-18-5-10(9)7-19/h2-3,8-10,18H,4-7H2,1H3/t8?,9-,10+. The van der Waals surface area contributed by atoms with Crippen LogP contribution in [-0.2, 0) is 0 Å². The van der Waals surface area contributed by atoms with E-state index in [-0.39, 0.29) is 11.1 Å². The van der Waals surface area contributed by atoms with E-state index in [1.54, 1.807) is 0 Å². The van der Waals surface area contributed by atoms with E-state index in [9.17, 15) is 4.39 Å². The van der Waals surface area contributed by atoms with E-state index in [0.29, 0.717) is 5.02 Å². The summed E-state index contributed by atoms with van der Waals surface area (Å²) < 4.78 is 13.6. The first kappa shape index (κ1) is 13.6. The molecule has 0 spiro atoms. The smallest absolute Gasteiger partial charge is 0.142 e. The van der Waals surface area contributed by atoms with Gasteiger partial charge in [-0.1, -0.05) is 23.2 Å². The predicted molar refractivity (Wildman–Crippen MR) is 76.3 cm³/mol. The van der Waals surface area contributed by atoms with Crippen LogP contribution in [0.25, 0.3) is 0 Å². The number of hydrogen-bond acceptors (Lipinski definition) is 2. The topological polar surface area (TPSA) is 15.3 Å². The van der Waals surface area contributed by atoms with Crippen LogP contribution < -0.4 is 5.32 Å². The van der Waals surface area contributed by atoms with Crippen molar-refractivity contribution in [3.8, 4) is 0 Å². The Morgan fingerprint density at radius 2 is 1.84 bits per heavy atom. The van der Waals surface area contributed by atoms with E-state index in [1.807, 2.05) is 0 Å². The molecule has 0 radical (unpaired) electrons. The van der Waals surface area contributed by atoms with Gasteiger partial charge >= 0.3 is 0 Å². The van der Waals surface area contributed by atoms with Crippen molar-refractivity contribution in [2.24, 2.45) is 11.8 Å². The number of nitrogens with zero attached hydrogens (tertiary/aromatic N) is 1. The molecular formula is C14H17Cl2FN2. The Labute approximate surface area is 122 Å². The van der Waals surface area contributed by atoms with Crippen LogP contribution in [0.1, 0.15) is 18.5 Å². The molecule has 3 rings (SSSR count). The predicted octanol–water partition coefficient (Wildman–Crippen LogP) is 3.34. The summed E-state index contributed by atoms with van der Waals surface area (Å²) in [4.78, 5) is 2.39. The molecule has 2 nitrogen and oxygen atoms in total. The average Bonchev–Trinajstić information content (AvgIpc) is 2.93. The van der Waals surface area contributed by atoms with Gasteiger partial charge in [0.15, 0.2) is 0 Å². The van der Waals surface area contributed by atoms with E-state index < -0.39 is 5.82 Å². The number of rotatable bonds is 2. The summed E-state index contributed by atoms with van der Waals surface area (Å²) in [5.74, 6) is 1.05. The van der Waals surface area contributed by atoms with Crippen LogP contribution in [0.3, 0.4) is 0 Å². The Hall–Kier alpha value is -0.350. The third kappa shape index (κ3) is 2.49. The number of benzene rings is 1. The summed E-state index contributed by atoms with van der Waals surface area (Å²) in [6.45, 7) is 6.38. The van der Waals surface area contributed by atoms with Gasteiger partial charge in [-0.2, -0.15) is 0 Å². The van der Waals surface area contributed by atoms with Crippen LogP contribution >= 0.6 is 23.2 Å². The Morgan fingerprint density at radius 3 is 2.47 bits per heavy atom. The van der Waals surface area contributed by atoms with Gasteiger partial charge in [0, 0.05) is 24.2 Å². The summed E-state index contributed by atoms with van der Waals surface area (Å²) in [7, 11) is 0. The van der Waals surface area contributed by atoms with Crippen molar-refractivity contribution in [2.45, 2.75) is 13.0 Å². The minimum absolute atomic E-state index is 0.0865. The Balaban J connectivity index is 1.81. The summed E-state index contributed by atoms with van der Waals surface area (Å²) in [5.41, 5.74) is 0.830. The maximum Gasteiger partial charge on any atom is 0.142 e. The minimum Gasteiger partial charge on any atom is -0.316 e. The molecule has 2 fully saturated rings. The molecule has 0 aromatic heterocycles. The molecule has 0 saturated carbocycles. The fourth-order valence-electron chi connectivity index (χ4n) is 3.26. The molecule has 3 atom stereocenters. The monoisotopic (exact) mass is 302 g/mol. The molecule has 1 unspecified atom stereocenters. The second-order valence-electron chi connectivity index (χ2n) is 5.60. The molecular weight excluding hydrogens is 286 g/mol. The first-order valence-corrected chi connectivity index (χ1v) is 7.41. The van der Waals surface area contributed by atoms with Crippen molar-refractivity contribution in [3.05, 3.63) is 33.6 Å². The average molecular weight is 303 g/mol. The third-order valence-corrected chi connectivity index (χ3v) is 5.07. The van der Waals surface area contributed by atoms with E-state index in [0.717, 1.165) is 43.6 Å². The van der Waals surface area contributed by atoms with Gasteiger partial charge in [-0.15, -0.1) is 0 Å². The highest BCUT2D eigenvalue weighted by Crippen LogP contribution is 2.36. The molecule has 2 aliphatic rings. The SMILES string of the molecule is CC(c1cc(F)c(Cl)cc1Cl)N1C[C@H]2CNC[C@H]2C1. The number of nitrogens with one attached hydrogen (secondary N) is 1. The van der Waals surface area contributed by atoms with Crippen molar-refractivity contribution in [2.75, 3.05) is 26.2 Å². The van der Waals surface area contributed by atoms with Crippen LogP contribution in [-0.4, -0.2) is 31.1 Å². The van der Waals surface area contributed by atoms with Crippen molar-refractivity contribution in [3.63, 3.8) is 0 Å². The Morgan fingerprint density at radius 1 is 1.21 bits per heavy atom. The number of hydrogen-bond donors (Lipinski definition) is 1.